The molecule has 19 heavy (non-hydrogen) atoms. The van der Waals surface area contributed by atoms with Crippen molar-refractivity contribution in [3.8, 4) is 11.5 Å². The van der Waals surface area contributed by atoms with Crippen LogP contribution in [0, 0.1) is 5.82 Å². The molecule has 6 heteroatoms. The van der Waals surface area contributed by atoms with Crippen LogP contribution in [0.1, 0.15) is 10.7 Å². The fourth-order valence-corrected chi connectivity index (χ4v) is 2.43. The van der Waals surface area contributed by atoms with E-state index in [0.717, 1.165) is 4.88 Å². The van der Waals surface area contributed by atoms with Crippen molar-refractivity contribution in [3.05, 3.63) is 52.2 Å². The van der Waals surface area contributed by atoms with Gasteiger partial charge in [-0.2, -0.15) is 4.98 Å². The second-order valence-electron chi connectivity index (χ2n) is 3.97. The Morgan fingerprint density at radius 3 is 2.95 bits per heavy atom. The highest BCUT2D eigenvalue weighted by Gasteiger charge is 2.14. The van der Waals surface area contributed by atoms with Crippen LogP contribution in [-0.2, 0) is 6.42 Å². The lowest BCUT2D eigenvalue weighted by molar-refractivity contribution is 0.424. The standard InChI is InChI=1S/C13H10FN3OS/c14-10-5-1-4-9(12(10)15)13-16-11(17-18-13)7-8-3-2-6-19-8/h1-6H,7,15H2. The Labute approximate surface area is 112 Å². The largest absolute Gasteiger partial charge is 0.396 e. The van der Waals surface area contributed by atoms with Crippen molar-refractivity contribution in [1.82, 2.24) is 10.1 Å². The SMILES string of the molecule is Nc1c(F)cccc1-c1nc(Cc2cccs2)no1. The van der Waals surface area contributed by atoms with Crippen molar-refractivity contribution < 1.29 is 8.91 Å². The molecule has 0 spiro atoms. The molecule has 2 N–H and O–H groups in total. The Hall–Kier alpha value is -2.21. The minimum absolute atomic E-state index is 0.0221. The van der Waals surface area contributed by atoms with Crippen molar-refractivity contribution in [2.45, 2.75) is 6.42 Å². The smallest absolute Gasteiger partial charge is 0.260 e. The number of nitrogen functional groups attached to an aromatic ring is 1. The van der Waals surface area contributed by atoms with Crippen molar-refractivity contribution in [3.63, 3.8) is 0 Å². The third-order valence-electron chi connectivity index (χ3n) is 2.66. The molecule has 0 saturated carbocycles. The van der Waals surface area contributed by atoms with Crippen LogP contribution >= 0.6 is 11.3 Å². The van der Waals surface area contributed by atoms with Crippen LogP contribution in [0.5, 0.6) is 0 Å². The first kappa shape index (κ1) is 11.9. The van der Waals surface area contributed by atoms with Crippen LogP contribution < -0.4 is 5.73 Å². The molecule has 4 nitrogen and oxygen atoms in total. The second-order valence-corrected chi connectivity index (χ2v) is 5.01. The summed E-state index contributed by atoms with van der Waals surface area (Å²) in [4.78, 5) is 5.38. The van der Waals surface area contributed by atoms with Crippen LogP contribution in [0.3, 0.4) is 0 Å². The molecule has 2 aromatic heterocycles. The molecule has 0 aliphatic heterocycles. The van der Waals surface area contributed by atoms with Crippen molar-refractivity contribution in [2.24, 2.45) is 0 Å². The van der Waals surface area contributed by atoms with E-state index in [4.69, 9.17) is 10.3 Å². The normalized spacial score (nSPS) is 10.8. The van der Waals surface area contributed by atoms with Crippen LogP contribution in [0.15, 0.2) is 40.2 Å². The van der Waals surface area contributed by atoms with Gasteiger partial charge in [0.2, 0.25) is 0 Å². The third-order valence-corrected chi connectivity index (χ3v) is 3.54. The number of halogens is 1. The number of nitrogens with zero attached hydrogens (tertiary/aromatic N) is 2. The van der Waals surface area contributed by atoms with Crippen molar-refractivity contribution >= 4 is 17.0 Å². The molecule has 0 saturated heterocycles. The number of thiophene rings is 1. The molecule has 0 amide bonds. The number of benzene rings is 1. The zero-order chi connectivity index (χ0) is 13.2. The first-order valence-electron chi connectivity index (χ1n) is 5.63. The lowest BCUT2D eigenvalue weighted by atomic mass is 10.2. The van der Waals surface area contributed by atoms with E-state index >= 15 is 0 Å². The molecule has 0 aliphatic carbocycles. The third kappa shape index (κ3) is 2.34. The Kier molecular flexibility index (Phi) is 3.00. The Morgan fingerprint density at radius 1 is 1.26 bits per heavy atom. The second kappa shape index (κ2) is 4.81. The number of hydrogen-bond donors (Lipinski definition) is 1. The summed E-state index contributed by atoms with van der Waals surface area (Å²) < 4.78 is 18.5. The van der Waals surface area contributed by atoms with E-state index in [9.17, 15) is 4.39 Å². The topological polar surface area (TPSA) is 64.9 Å². The highest BCUT2D eigenvalue weighted by Crippen LogP contribution is 2.26. The Balaban J connectivity index is 1.91. The molecule has 0 atom stereocenters. The van der Waals surface area contributed by atoms with Crippen molar-refractivity contribution in [1.29, 1.82) is 0 Å². The Morgan fingerprint density at radius 2 is 2.16 bits per heavy atom. The number of anilines is 1. The quantitative estimate of drug-likeness (QED) is 0.746. The lowest BCUT2D eigenvalue weighted by Crippen LogP contribution is -1.94. The van der Waals surface area contributed by atoms with Gasteiger partial charge in [-0.25, -0.2) is 4.39 Å². The van der Waals surface area contributed by atoms with Crippen LogP contribution in [-0.4, -0.2) is 10.1 Å². The van der Waals surface area contributed by atoms with Gasteiger partial charge in [0.05, 0.1) is 11.3 Å². The molecule has 0 radical (unpaired) electrons. The molecule has 3 rings (SSSR count). The van der Waals surface area contributed by atoms with Crippen LogP contribution in [0.25, 0.3) is 11.5 Å². The molecular weight excluding hydrogens is 265 g/mol. The molecule has 0 fully saturated rings. The van der Waals surface area contributed by atoms with Gasteiger partial charge in [0.1, 0.15) is 5.82 Å². The van der Waals surface area contributed by atoms with E-state index in [0.29, 0.717) is 17.8 Å². The first-order valence-corrected chi connectivity index (χ1v) is 6.51. The molecule has 2 heterocycles. The van der Waals surface area contributed by atoms with Gasteiger partial charge in [0.25, 0.3) is 5.89 Å². The fourth-order valence-electron chi connectivity index (χ4n) is 1.73. The van der Waals surface area contributed by atoms with Gasteiger partial charge in [0, 0.05) is 11.3 Å². The zero-order valence-electron chi connectivity index (χ0n) is 9.84. The predicted molar refractivity (Wildman–Crippen MR) is 71.2 cm³/mol. The molecule has 3 aromatic rings. The van der Waals surface area contributed by atoms with E-state index in [1.54, 1.807) is 23.5 Å². The van der Waals surface area contributed by atoms with Gasteiger partial charge in [-0.1, -0.05) is 17.3 Å². The summed E-state index contributed by atoms with van der Waals surface area (Å²) in [6.45, 7) is 0. The summed E-state index contributed by atoms with van der Waals surface area (Å²) in [7, 11) is 0. The van der Waals surface area contributed by atoms with Gasteiger partial charge < -0.3 is 10.3 Å². The summed E-state index contributed by atoms with van der Waals surface area (Å²) in [5.41, 5.74) is 6.10. The van der Waals surface area contributed by atoms with Crippen LogP contribution in [0.2, 0.25) is 0 Å². The fraction of sp³-hybridized carbons (Fsp3) is 0.0769. The van der Waals surface area contributed by atoms with Gasteiger partial charge in [-0.15, -0.1) is 11.3 Å². The number of aromatic nitrogens is 2. The first-order chi connectivity index (χ1) is 9.24. The van der Waals surface area contributed by atoms with Crippen LogP contribution in [0.4, 0.5) is 10.1 Å². The average Bonchev–Trinajstić information content (AvgIpc) is 3.05. The number of para-hydroxylation sites is 1. The summed E-state index contributed by atoms with van der Waals surface area (Å²) in [5.74, 6) is 0.306. The van der Waals surface area contributed by atoms with Gasteiger partial charge in [0.15, 0.2) is 5.82 Å². The maximum absolute atomic E-state index is 13.4. The molecule has 0 unspecified atom stereocenters. The van der Waals surface area contributed by atoms with E-state index in [1.807, 2.05) is 17.5 Å². The monoisotopic (exact) mass is 275 g/mol. The molecule has 1 aromatic carbocycles. The van der Waals surface area contributed by atoms with E-state index < -0.39 is 5.82 Å². The molecule has 96 valence electrons. The van der Waals surface area contributed by atoms with E-state index in [2.05, 4.69) is 10.1 Å². The average molecular weight is 275 g/mol. The summed E-state index contributed by atoms with van der Waals surface area (Å²) >= 11 is 1.62. The van der Waals surface area contributed by atoms with Crippen molar-refractivity contribution in [2.75, 3.05) is 5.73 Å². The number of nitrogens with two attached hydrogens (primary N) is 1. The van der Waals surface area contributed by atoms with Gasteiger partial charge >= 0.3 is 0 Å². The van der Waals surface area contributed by atoms with E-state index in [1.165, 1.54) is 6.07 Å². The number of hydrogen-bond acceptors (Lipinski definition) is 5. The highest BCUT2D eigenvalue weighted by atomic mass is 32.1. The minimum atomic E-state index is -0.490. The van der Waals surface area contributed by atoms with Gasteiger partial charge in [-0.3, -0.25) is 0 Å². The summed E-state index contributed by atoms with van der Waals surface area (Å²) in [5, 5.41) is 5.87. The molecule has 0 bridgehead atoms. The van der Waals surface area contributed by atoms with E-state index in [-0.39, 0.29) is 11.6 Å². The number of rotatable bonds is 3. The molecule has 0 aliphatic rings. The predicted octanol–water partition coefficient (Wildman–Crippen LogP) is 3.11. The minimum Gasteiger partial charge on any atom is -0.396 e. The summed E-state index contributed by atoms with van der Waals surface area (Å²) in [6, 6.07) is 8.47. The summed E-state index contributed by atoms with van der Waals surface area (Å²) in [6.07, 6.45) is 0.594. The maximum Gasteiger partial charge on any atom is 0.260 e. The maximum atomic E-state index is 13.4. The van der Waals surface area contributed by atoms with Gasteiger partial charge in [-0.05, 0) is 23.6 Å². The Bertz CT molecular complexity index is 694. The lowest BCUT2D eigenvalue weighted by Gasteiger charge is -2.00. The zero-order valence-corrected chi connectivity index (χ0v) is 10.7. The highest BCUT2D eigenvalue weighted by molar-refractivity contribution is 7.09. The molecular formula is C13H10FN3OS.